The molecule has 27 heavy (non-hydrogen) atoms. The van der Waals surface area contributed by atoms with E-state index in [1.54, 1.807) is 12.1 Å². The molecule has 2 aromatic carbocycles. The number of ketones is 1. The molecule has 0 bridgehead atoms. The van der Waals surface area contributed by atoms with Crippen LogP contribution in [0.5, 0.6) is 0 Å². The molecule has 3 rings (SSSR count). The van der Waals surface area contributed by atoms with Gasteiger partial charge in [-0.3, -0.25) is 4.79 Å². The lowest BCUT2D eigenvalue weighted by molar-refractivity contribution is -0.287. The van der Waals surface area contributed by atoms with Gasteiger partial charge < -0.3 is 15.7 Å². The van der Waals surface area contributed by atoms with Crippen LogP contribution in [0.25, 0.3) is 0 Å². The Bertz CT molecular complexity index is 876. The molecule has 0 unspecified atom stereocenters. The molecular weight excluding hydrogens is 385 g/mol. The topological polar surface area (TPSA) is 78.4 Å². The fourth-order valence-electron chi connectivity index (χ4n) is 3.11. The van der Waals surface area contributed by atoms with Crippen molar-refractivity contribution in [3.63, 3.8) is 0 Å². The second kappa shape index (κ2) is 6.86. The fourth-order valence-corrected chi connectivity index (χ4v) is 3.36. The lowest BCUT2D eigenvalue weighted by Gasteiger charge is -2.45. The summed E-state index contributed by atoms with van der Waals surface area (Å²) in [4.78, 5) is 24.9. The Morgan fingerprint density at radius 3 is 2.26 bits per heavy atom. The molecule has 2 aromatic rings. The highest BCUT2D eigenvalue weighted by Gasteiger charge is 2.66. The highest BCUT2D eigenvalue weighted by molar-refractivity contribution is 6.31. The van der Waals surface area contributed by atoms with Crippen LogP contribution in [0.4, 0.5) is 18.0 Å². The first kappa shape index (κ1) is 19.2. The molecule has 1 saturated heterocycles. The quantitative estimate of drug-likeness (QED) is 0.693. The van der Waals surface area contributed by atoms with E-state index in [1.807, 2.05) is 0 Å². The van der Waals surface area contributed by atoms with Crippen LogP contribution in [0.2, 0.25) is 5.02 Å². The maximum Gasteiger partial charge on any atom is 0.437 e. The number of aliphatic hydroxyl groups is 1. The van der Waals surface area contributed by atoms with Crippen LogP contribution in [-0.2, 0) is 0 Å². The number of urea groups is 1. The number of nitrogens with one attached hydrogen (secondary N) is 2. The van der Waals surface area contributed by atoms with Gasteiger partial charge in [0.05, 0.1) is 6.04 Å². The van der Waals surface area contributed by atoms with E-state index < -0.39 is 35.7 Å². The zero-order chi connectivity index (χ0) is 19.8. The number of alkyl halides is 3. The molecule has 0 radical (unpaired) electrons. The Hall–Kier alpha value is -2.58. The van der Waals surface area contributed by atoms with E-state index in [9.17, 15) is 27.9 Å². The SMILES string of the molecule is O=C1N[C@H](c2ccccc2Cl)[C@H](C(=O)c2ccccc2)[C@](O)(C(F)(F)F)N1. The highest BCUT2D eigenvalue weighted by Crippen LogP contribution is 2.45. The van der Waals surface area contributed by atoms with Gasteiger partial charge in [-0.2, -0.15) is 13.2 Å². The van der Waals surface area contributed by atoms with E-state index in [-0.39, 0.29) is 16.1 Å². The van der Waals surface area contributed by atoms with Gasteiger partial charge in [-0.15, -0.1) is 0 Å². The molecule has 3 N–H and O–H groups in total. The second-order valence-electron chi connectivity index (χ2n) is 6.07. The molecule has 2 amide bonds. The minimum absolute atomic E-state index is 0.0415. The molecule has 1 heterocycles. The summed E-state index contributed by atoms with van der Waals surface area (Å²) < 4.78 is 41.2. The molecule has 0 saturated carbocycles. The lowest BCUT2D eigenvalue weighted by atomic mass is 9.77. The third-order valence-electron chi connectivity index (χ3n) is 4.39. The van der Waals surface area contributed by atoms with Gasteiger partial charge in [0.1, 0.15) is 5.92 Å². The van der Waals surface area contributed by atoms with Crippen LogP contribution in [0, 0.1) is 5.92 Å². The number of amides is 2. The Morgan fingerprint density at radius 1 is 1.07 bits per heavy atom. The standard InChI is InChI=1S/C18H14ClF3N2O3/c19-12-9-5-4-8-11(12)14-13(15(25)10-6-2-1-3-7-10)17(27,18(20,21)22)24-16(26)23-14/h1-9,13-14,27H,(H2,23,24,26)/t13-,14-,17+/m1/s1. The number of hydrogen-bond donors (Lipinski definition) is 3. The van der Waals surface area contributed by atoms with Gasteiger partial charge in [-0.25, -0.2) is 4.79 Å². The van der Waals surface area contributed by atoms with Crippen molar-refractivity contribution in [2.24, 2.45) is 5.92 Å². The minimum atomic E-state index is -5.31. The van der Waals surface area contributed by atoms with Crippen molar-refractivity contribution in [3.8, 4) is 0 Å². The highest BCUT2D eigenvalue weighted by atomic mass is 35.5. The molecule has 142 valence electrons. The summed E-state index contributed by atoms with van der Waals surface area (Å²) in [5.74, 6) is -3.09. The number of benzene rings is 2. The predicted molar refractivity (Wildman–Crippen MR) is 91.1 cm³/mol. The van der Waals surface area contributed by atoms with Gasteiger partial charge in [0.25, 0.3) is 0 Å². The smallest absolute Gasteiger partial charge is 0.363 e. The Kier molecular flexibility index (Phi) is 4.88. The monoisotopic (exact) mass is 398 g/mol. The van der Waals surface area contributed by atoms with E-state index in [4.69, 9.17) is 11.6 Å². The number of hydrogen-bond acceptors (Lipinski definition) is 3. The number of carbonyl (C=O) groups is 2. The molecule has 0 aromatic heterocycles. The summed E-state index contributed by atoms with van der Waals surface area (Å²) in [6.45, 7) is 0. The molecule has 1 aliphatic rings. The normalized spacial score (nSPS) is 25.4. The van der Waals surface area contributed by atoms with Crippen LogP contribution >= 0.6 is 11.6 Å². The summed E-state index contributed by atoms with van der Waals surface area (Å²) in [5.41, 5.74) is -3.72. The van der Waals surface area contributed by atoms with Crippen molar-refractivity contribution in [1.82, 2.24) is 10.6 Å². The zero-order valence-electron chi connectivity index (χ0n) is 13.6. The average molecular weight is 399 g/mol. The number of rotatable bonds is 3. The Balaban J connectivity index is 2.19. The molecule has 3 atom stereocenters. The van der Waals surface area contributed by atoms with Crippen molar-refractivity contribution in [2.75, 3.05) is 0 Å². The minimum Gasteiger partial charge on any atom is -0.363 e. The number of halogens is 4. The first-order valence-electron chi connectivity index (χ1n) is 7.86. The molecule has 5 nitrogen and oxygen atoms in total. The summed E-state index contributed by atoms with van der Waals surface area (Å²) >= 11 is 6.08. The largest absolute Gasteiger partial charge is 0.437 e. The van der Waals surface area contributed by atoms with Crippen LogP contribution in [0.15, 0.2) is 54.6 Å². The maximum atomic E-state index is 13.7. The van der Waals surface area contributed by atoms with Crippen molar-refractivity contribution in [1.29, 1.82) is 0 Å². The Labute approximate surface area is 157 Å². The van der Waals surface area contributed by atoms with E-state index >= 15 is 0 Å². The predicted octanol–water partition coefficient (Wildman–Crippen LogP) is 3.44. The average Bonchev–Trinajstić information content (AvgIpc) is 2.61. The van der Waals surface area contributed by atoms with E-state index in [1.165, 1.54) is 47.8 Å². The third kappa shape index (κ3) is 3.38. The van der Waals surface area contributed by atoms with Crippen molar-refractivity contribution >= 4 is 23.4 Å². The molecule has 1 aliphatic heterocycles. The van der Waals surface area contributed by atoms with Crippen molar-refractivity contribution in [2.45, 2.75) is 17.9 Å². The van der Waals surface area contributed by atoms with Crippen molar-refractivity contribution < 1.29 is 27.9 Å². The summed E-state index contributed by atoms with van der Waals surface area (Å²) in [5, 5.41) is 14.2. The first-order chi connectivity index (χ1) is 12.6. The van der Waals surface area contributed by atoms with Crippen molar-refractivity contribution in [3.05, 3.63) is 70.7 Å². The molecule has 0 spiro atoms. The molecule has 9 heteroatoms. The van der Waals surface area contributed by atoms with E-state index in [0.717, 1.165) is 0 Å². The molecular formula is C18H14ClF3N2O3. The van der Waals surface area contributed by atoms with Gasteiger partial charge in [0, 0.05) is 10.6 Å². The number of Topliss-reactive ketones (excluding diaryl/α,β-unsaturated/α-hetero) is 1. The maximum absolute atomic E-state index is 13.7. The van der Waals surface area contributed by atoms with Gasteiger partial charge in [-0.05, 0) is 11.6 Å². The van der Waals surface area contributed by atoms with Gasteiger partial charge in [0.2, 0.25) is 5.72 Å². The third-order valence-corrected chi connectivity index (χ3v) is 4.73. The van der Waals surface area contributed by atoms with E-state index in [0.29, 0.717) is 0 Å². The van der Waals surface area contributed by atoms with Gasteiger partial charge >= 0.3 is 12.2 Å². The van der Waals surface area contributed by atoms with Crippen LogP contribution < -0.4 is 10.6 Å². The van der Waals surface area contributed by atoms with Crippen LogP contribution in [-0.4, -0.2) is 28.8 Å². The summed E-state index contributed by atoms with van der Waals surface area (Å²) in [7, 11) is 0. The van der Waals surface area contributed by atoms with Gasteiger partial charge in [-0.1, -0.05) is 60.1 Å². The summed E-state index contributed by atoms with van der Waals surface area (Å²) in [6, 6.07) is 10.3. The zero-order valence-corrected chi connectivity index (χ0v) is 14.4. The van der Waals surface area contributed by atoms with Crippen LogP contribution in [0.1, 0.15) is 22.0 Å². The summed E-state index contributed by atoms with van der Waals surface area (Å²) in [6.07, 6.45) is -5.31. The second-order valence-corrected chi connectivity index (χ2v) is 6.48. The first-order valence-corrected chi connectivity index (χ1v) is 8.24. The fraction of sp³-hybridized carbons (Fsp3) is 0.222. The lowest BCUT2D eigenvalue weighted by Crippen LogP contribution is -2.72. The number of carbonyl (C=O) groups excluding carboxylic acids is 2. The molecule has 0 aliphatic carbocycles. The van der Waals surface area contributed by atoms with Gasteiger partial charge in [0.15, 0.2) is 5.78 Å². The Morgan fingerprint density at radius 2 is 1.67 bits per heavy atom. The van der Waals surface area contributed by atoms with Crippen LogP contribution in [0.3, 0.4) is 0 Å². The van der Waals surface area contributed by atoms with E-state index in [2.05, 4.69) is 5.32 Å². The molecule has 1 fully saturated rings.